The first-order chi connectivity index (χ1) is 21.2. The summed E-state index contributed by atoms with van der Waals surface area (Å²) in [7, 11) is 0. The van der Waals surface area contributed by atoms with Crippen molar-refractivity contribution >= 4 is 34.9 Å². The van der Waals surface area contributed by atoms with Crippen molar-refractivity contribution in [3.8, 4) is 11.3 Å². The molecule has 3 heterocycles. The van der Waals surface area contributed by atoms with Gasteiger partial charge in [-0.1, -0.05) is 29.8 Å². The van der Waals surface area contributed by atoms with Gasteiger partial charge in [0, 0.05) is 64.7 Å². The van der Waals surface area contributed by atoms with Crippen molar-refractivity contribution in [1.82, 2.24) is 25.5 Å². The number of aromatic nitrogens is 2. The zero-order chi connectivity index (χ0) is 31.0. The number of carbonyl (C=O) groups is 1. The Kier molecular flexibility index (Phi) is 8.48. The van der Waals surface area contributed by atoms with Crippen LogP contribution in [0.5, 0.6) is 0 Å². The van der Waals surface area contributed by atoms with Crippen molar-refractivity contribution in [2.24, 2.45) is 10.7 Å². The number of nitrogens with zero attached hydrogens (tertiary/aromatic N) is 4. The van der Waals surface area contributed by atoms with Crippen LogP contribution in [0.15, 0.2) is 71.9 Å². The minimum absolute atomic E-state index is 0.117. The third-order valence-corrected chi connectivity index (χ3v) is 7.92. The quantitative estimate of drug-likeness (QED) is 0.194. The summed E-state index contributed by atoms with van der Waals surface area (Å²) in [6, 6.07) is 16.4. The van der Waals surface area contributed by atoms with Gasteiger partial charge in [0.15, 0.2) is 0 Å². The van der Waals surface area contributed by atoms with E-state index < -0.39 is 17.9 Å². The second kappa shape index (κ2) is 12.5. The van der Waals surface area contributed by atoms with E-state index in [0.29, 0.717) is 44.6 Å². The average molecular weight is 618 g/mol. The number of piperazine rings is 1. The number of carbonyl (C=O) groups excluding carboxylic acids is 1. The highest BCUT2D eigenvalue weighted by Crippen LogP contribution is 2.34. The topological polar surface area (TPSA) is 125 Å². The molecule has 1 saturated heterocycles. The zero-order valence-electron chi connectivity index (χ0n) is 24.2. The molecular formula is C32H32ClF2N8O+. The Morgan fingerprint density at radius 1 is 1.07 bits per heavy atom. The van der Waals surface area contributed by atoms with Gasteiger partial charge in [-0.3, -0.25) is 20.4 Å². The molecule has 0 saturated carbocycles. The van der Waals surface area contributed by atoms with Gasteiger partial charge in [-0.25, -0.2) is 14.1 Å². The minimum atomic E-state index is -0.720. The van der Waals surface area contributed by atoms with Crippen LogP contribution in [0.2, 0.25) is 5.02 Å². The van der Waals surface area contributed by atoms with Gasteiger partial charge in [0.1, 0.15) is 23.6 Å². The first kappa shape index (κ1) is 29.9. The van der Waals surface area contributed by atoms with E-state index in [-0.39, 0.29) is 35.8 Å². The van der Waals surface area contributed by atoms with E-state index in [1.807, 2.05) is 11.0 Å². The molecule has 1 amide bonds. The predicted octanol–water partition coefficient (Wildman–Crippen LogP) is 3.61. The van der Waals surface area contributed by atoms with Gasteiger partial charge in [0.25, 0.3) is 5.91 Å². The number of aliphatic imine (C=N–C) groups is 1. The van der Waals surface area contributed by atoms with Crippen LogP contribution in [0.3, 0.4) is 0 Å². The smallest absolute Gasteiger partial charge is 0.324 e. The van der Waals surface area contributed by atoms with Crippen molar-refractivity contribution < 1.29 is 18.9 Å². The van der Waals surface area contributed by atoms with E-state index in [1.165, 1.54) is 18.2 Å². The molecule has 1 aromatic heterocycles. The second-order valence-corrected chi connectivity index (χ2v) is 11.6. The number of hydrogen-bond acceptors (Lipinski definition) is 7. The first-order valence-electron chi connectivity index (χ1n) is 14.3. The molecule has 1 fully saturated rings. The number of quaternary nitrogens is 1. The molecule has 12 heteroatoms. The van der Waals surface area contributed by atoms with Crippen molar-refractivity contribution in [3.63, 3.8) is 0 Å². The van der Waals surface area contributed by atoms with Gasteiger partial charge in [-0.2, -0.15) is 9.97 Å². The average Bonchev–Trinajstić information content (AvgIpc) is 3.13. The molecule has 3 atom stereocenters. The zero-order valence-corrected chi connectivity index (χ0v) is 24.9. The number of rotatable bonds is 6. The molecule has 0 bridgehead atoms. The van der Waals surface area contributed by atoms with Gasteiger partial charge in [0.2, 0.25) is 0 Å². The van der Waals surface area contributed by atoms with Gasteiger partial charge in [-0.05, 0) is 50.2 Å². The summed E-state index contributed by atoms with van der Waals surface area (Å²) in [5.74, 6) is -1.33. The molecule has 3 aromatic carbocycles. The Balaban J connectivity index is 1.25. The lowest BCUT2D eigenvalue weighted by molar-refractivity contribution is -0.487. The van der Waals surface area contributed by atoms with E-state index in [4.69, 9.17) is 22.3 Å². The molecule has 0 spiro atoms. The van der Waals surface area contributed by atoms with Crippen molar-refractivity contribution in [3.05, 3.63) is 106 Å². The molecule has 226 valence electrons. The number of halogens is 3. The Morgan fingerprint density at radius 3 is 2.55 bits per heavy atom. The fourth-order valence-electron chi connectivity index (χ4n) is 5.77. The monoisotopic (exact) mass is 617 g/mol. The van der Waals surface area contributed by atoms with Crippen LogP contribution >= 0.6 is 11.6 Å². The molecule has 9 nitrogen and oxygen atoms in total. The van der Waals surface area contributed by atoms with Crippen molar-refractivity contribution in [1.29, 1.82) is 0 Å². The molecule has 0 radical (unpaired) electrons. The standard InChI is InChI=1S/C32H31ClF2N8O/c1-17-15-43(16-18(2)39-17)31(36)42-30(44)19-5-3-6-22(11-19)40-32-38-14-20-13-37-29(27-25(34)7-4-8-26(27)35)24-12-21(33)9-10-23(24)28(20)41-32/h3-12,14,17-18,31,39H,13,15-16,36H2,1-2H3,(H,42,44)(H,38,40,41)/p+1. The lowest BCUT2D eigenvalue weighted by Crippen LogP contribution is -2.72. The number of fused-ring (bicyclic) bond motifs is 3. The normalized spacial score (nSPS) is 18.9. The summed E-state index contributed by atoms with van der Waals surface area (Å²) < 4.78 is 29.7. The fourth-order valence-corrected chi connectivity index (χ4v) is 5.94. The van der Waals surface area contributed by atoms with E-state index in [2.05, 4.69) is 34.5 Å². The van der Waals surface area contributed by atoms with Gasteiger partial charge in [0.05, 0.1) is 23.5 Å². The fraction of sp³-hybridized carbons (Fsp3) is 0.250. The highest BCUT2D eigenvalue weighted by molar-refractivity contribution is 6.31. The first-order valence-corrected chi connectivity index (χ1v) is 14.7. The lowest BCUT2D eigenvalue weighted by Gasteiger charge is -2.39. The number of nitrogens with one attached hydrogen (secondary N) is 2. The van der Waals surface area contributed by atoms with E-state index in [1.54, 1.807) is 47.9 Å². The van der Waals surface area contributed by atoms with Gasteiger partial charge in [-0.15, -0.1) is 0 Å². The maximum absolute atomic E-state index is 14.9. The maximum atomic E-state index is 14.9. The molecule has 6 rings (SSSR count). The highest BCUT2D eigenvalue weighted by atomic mass is 35.5. The number of nitrogens with two attached hydrogens (primary N) is 2. The Morgan fingerprint density at radius 2 is 1.80 bits per heavy atom. The third-order valence-electron chi connectivity index (χ3n) is 7.68. The molecule has 2 aliphatic heterocycles. The molecular weight excluding hydrogens is 586 g/mol. The van der Waals surface area contributed by atoms with Gasteiger partial charge >= 0.3 is 5.95 Å². The molecule has 44 heavy (non-hydrogen) atoms. The Labute approximate surface area is 258 Å². The van der Waals surface area contributed by atoms with Crippen LogP contribution in [0.1, 0.15) is 40.9 Å². The summed E-state index contributed by atoms with van der Waals surface area (Å²) in [6.07, 6.45) is 1.04. The van der Waals surface area contributed by atoms with Crippen LogP contribution in [-0.4, -0.2) is 57.9 Å². The van der Waals surface area contributed by atoms with Crippen LogP contribution in [-0.2, 0) is 6.54 Å². The summed E-state index contributed by atoms with van der Waals surface area (Å²) in [6.45, 7) is 5.75. The summed E-state index contributed by atoms with van der Waals surface area (Å²) >= 11 is 6.33. The van der Waals surface area contributed by atoms with Crippen LogP contribution in [0, 0.1) is 11.6 Å². The Hall–Kier alpha value is -4.13. The number of benzene rings is 3. The molecule has 6 N–H and O–H groups in total. The van der Waals surface area contributed by atoms with Crippen LogP contribution in [0.25, 0.3) is 11.3 Å². The predicted molar refractivity (Wildman–Crippen MR) is 165 cm³/mol. The summed E-state index contributed by atoms with van der Waals surface area (Å²) in [4.78, 5) is 29.0. The molecule has 0 aliphatic carbocycles. The number of amides is 1. The molecule has 4 aromatic rings. The second-order valence-electron chi connectivity index (χ2n) is 11.2. The SMILES string of the molecule is CC1CN(C(N)NC(=O)c2cccc([NH2+]c3ncc4c(n3)-c3ccc(Cl)cc3C(c3c(F)cccc3F)=NC4)c2)CC(C)N1. The lowest BCUT2D eigenvalue weighted by atomic mass is 9.95. The maximum Gasteiger partial charge on any atom is 0.331 e. The van der Waals surface area contributed by atoms with E-state index in [0.717, 1.165) is 13.1 Å². The Bertz CT molecular complexity index is 1740. The van der Waals surface area contributed by atoms with Crippen molar-refractivity contribution in [2.75, 3.05) is 13.1 Å². The minimum Gasteiger partial charge on any atom is -0.324 e. The summed E-state index contributed by atoms with van der Waals surface area (Å²) in [5.41, 5.74) is 9.79. The third kappa shape index (κ3) is 6.23. The molecule has 3 unspecified atom stereocenters. The van der Waals surface area contributed by atoms with E-state index >= 15 is 0 Å². The largest absolute Gasteiger partial charge is 0.331 e. The highest BCUT2D eigenvalue weighted by Gasteiger charge is 2.27. The van der Waals surface area contributed by atoms with Gasteiger partial charge < -0.3 is 10.6 Å². The van der Waals surface area contributed by atoms with Crippen molar-refractivity contribution in [2.45, 2.75) is 38.8 Å². The summed E-state index contributed by atoms with van der Waals surface area (Å²) in [5, 5.41) is 8.51. The van der Waals surface area contributed by atoms with Crippen LogP contribution in [0.4, 0.5) is 20.4 Å². The number of hydrogen-bond donors (Lipinski definition) is 4. The van der Waals surface area contributed by atoms with E-state index in [9.17, 15) is 13.6 Å². The molecule has 2 aliphatic rings. The van der Waals surface area contributed by atoms with Crippen LogP contribution < -0.4 is 21.7 Å².